The molecule has 7 heteroatoms. The number of nitro benzene ring substituents is 1. The molecule has 1 rings (SSSR count). The summed E-state index contributed by atoms with van der Waals surface area (Å²) in [6.07, 6.45) is 0.282. The average molecular weight is 330 g/mol. The fourth-order valence-corrected chi connectivity index (χ4v) is 2.11. The number of amides is 1. The number of nitrogens with zero attached hydrogens (tertiary/aromatic N) is 1. The topological polar surface area (TPSA) is 98.3 Å². The van der Waals surface area contributed by atoms with E-state index in [1.807, 2.05) is 6.92 Å². The first-order valence-electron chi connectivity index (χ1n) is 5.79. The Kier molecular flexibility index (Phi) is 5.44. The van der Waals surface area contributed by atoms with Crippen molar-refractivity contribution in [3.8, 4) is 0 Å². The van der Waals surface area contributed by atoms with Gasteiger partial charge < -0.3 is 11.1 Å². The van der Waals surface area contributed by atoms with Gasteiger partial charge >= 0.3 is 0 Å². The fraction of sp³-hybridized carbons (Fsp3) is 0.417. The SMILES string of the molecule is Cc1cc(Br)c(NC(=O)CC(C)CN)cc1[N+](=O)[O-]. The molecule has 0 aliphatic heterocycles. The van der Waals surface area contributed by atoms with Gasteiger partial charge in [0.2, 0.25) is 5.91 Å². The number of hydrogen-bond donors (Lipinski definition) is 2. The van der Waals surface area contributed by atoms with Crippen LogP contribution < -0.4 is 11.1 Å². The summed E-state index contributed by atoms with van der Waals surface area (Å²) in [7, 11) is 0. The van der Waals surface area contributed by atoms with E-state index in [4.69, 9.17) is 5.73 Å². The third-order valence-electron chi connectivity index (χ3n) is 2.69. The van der Waals surface area contributed by atoms with Crippen molar-refractivity contribution >= 4 is 33.2 Å². The van der Waals surface area contributed by atoms with E-state index in [1.165, 1.54) is 6.07 Å². The highest BCUT2D eigenvalue weighted by Crippen LogP contribution is 2.30. The molecule has 0 bridgehead atoms. The van der Waals surface area contributed by atoms with E-state index in [9.17, 15) is 14.9 Å². The van der Waals surface area contributed by atoms with Gasteiger partial charge in [-0.25, -0.2) is 0 Å². The van der Waals surface area contributed by atoms with Gasteiger partial charge in [-0.2, -0.15) is 0 Å². The van der Waals surface area contributed by atoms with Crippen LogP contribution in [-0.4, -0.2) is 17.4 Å². The van der Waals surface area contributed by atoms with Crippen molar-refractivity contribution in [3.05, 3.63) is 32.3 Å². The molecule has 0 heterocycles. The van der Waals surface area contributed by atoms with Crippen LogP contribution >= 0.6 is 15.9 Å². The van der Waals surface area contributed by atoms with Crippen molar-refractivity contribution in [1.29, 1.82) is 0 Å². The summed E-state index contributed by atoms with van der Waals surface area (Å²) in [4.78, 5) is 22.1. The highest BCUT2D eigenvalue weighted by atomic mass is 79.9. The van der Waals surface area contributed by atoms with Gasteiger partial charge in [0.05, 0.1) is 10.6 Å². The molecule has 0 aromatic heterocycles. The maximum Gasteiger partial charge on any atom is 0.274 e. The van der Waals surface area contributed by atoms with Gasteiger partial charge in [-0.1, -0.05) is 6.92 Å². The van der Waals surface area contributed by atoms with Crippen LogP contribution in [0.25, 0.3) is 0 Å². The van der Waals surface area contributed by atoms with E-state index in [-0.39, 0.29) is 23.9 Å². The molecular weight excluding hydrogens is 314 g/mol. The van der Waals surface area contributed by atoms with Crippen molar-refractivity contribution in [3.63, 3.8) is 0 Å². The number of benzene rings is 1. The molecule has 19 heavy (non-hydrogen) atoms. The Bertz CT molecular complexity index is 505. The molecule has 0 saturated heterocycles. The van der Waals surface area contributed by atoms with E-state index in [1.54, 1.807) is 13.0 Å². The number of aryl methyl sites for hydroxylation is 1. The number of halogens is 1. The number of carbonyl (C=O) groups is 1. The van der Waals surface area contributed by atoms with Crippen LogP contribution in [0.4, 0.5) is 11.4 Å². The van der Waals surface area contributed by atoms with Crippen molar-refractivity contribution in [2.75, 3.05) is 11.9 Å². The Morgan fingerprint density at radius 2 is 2.21 bits per heavy atom. The molecule has 0 aliphatic carbocycles. The van der Waals surface area contributed by atoms with Gasteiger partial charge in [0.15, 0.2) is 0 Å². The molecule has 1 aromatic carbocycles. The van der Waals surface area contributed by atoms with E-state index >= 15 is 0 Å². The molecule has 0 radical (unpaired) electrons. The maximum atomic E-state index is 11.7. The molecule has 1 unspecified atom stereocenters. The average Bonchev–Trinajstić information content (AvgIpc) is 2.31. The lowest BCUT2D eigenvalue weighted by atomic mass is 10.1. The molecule has 6 nitrogen and oxygen atoms in total. The number of nitrogens with two attached hydrogens (primary N) is 1. The Balaban J connectivity index is 2.92. The lowest BCUT2D eigenvalue weighted by molar-refractivity contribution is -0.385. The van der Waals surface area contributed by atoms with Crippen LogP contribution in [0, 0.1) is 23.0 Å². The first-order valence-corrected chi connectivity index (χ1v) is 6.59. The Morgan fingerprint density at radius 3 is 2.74 bits per heavy atom. The number of nitro groups is 1. The fourth-order valence-electron chi connectivity index (χ4n) is 1.55. The van der Waals surface area contributed by atoms with E-state index in [0.29, 0.717) is 22.3 Å². The molecule has 3 N–H and O–H groups in total. The lowest BCUT2D eigenvalue weighted by Gasteiger charge is -2.11. The van der Waals surface area contributed by atoms with Crippen molar-refractivity contribution < 1.29 is 9.72 Å². The van der Waals surface area contributed by atoms with Crippen LogP contribution in [-0.2, 0) is 4.79 Å². The predicted molar refractivity (Wildman–Crippen MR) is 77.0 cm³/mol. The smallest absolute Gasteiger partial charge is 0.274 e. The quantitative estimate of drug-likeness (QED) is 0.640. The van der Waals surface area contributed by atoms with E-state index in [2.05, 4.69) is 21.2 Å². The molecule has 0 saturated carbocycles. The Hall–Kier alpha value is -1.47. The summed E-state index contributed by atoms with van der Waals surface area (Å²) in [5.74, 6) is -0.143. The Labute approximate surface area is 119 Å². The molecule has 0 aliphatic rings. The zero-order chi connectivity index (χ0) is 14.6. The van der Waals surface area contributed by atoms with Crippen molar-refractivity contribution in [1.82, 2.24) is 0 Å². The van der Waals surface area contributed by atoms with Crippen LogP contribution in [0.2, 0.25) is 0 Å². The highest BCUT2D eigenvalue weighted by molar-refractivity contribution is 9.10. The first-order chi connectivity index (χ1) is 8.85. The largest absolute Gasteiger partial charge is 0.330 e. The van der Waals surface area contributed by atoms with Crippen LogP contribution in [0.5, 0.6) is 0 Å². The van der Waals surface area contributed by atoms with Crippen LogP contribution in [0.1, 0.15) is 18.9 Å². The summed E-state index contributed by atoms with van der Waals surface area (Å²) >= 11 is 3.28. The molecule has 1 amide bonds. The third-order valence-corrected chi connectivity index (χ3v) is 3.35. The second kappa shape index (κ2) is 6.63. The van der Waals surface area contributed by atoms with E-state index < -0.39 is 4.92 Å². The lowest BCUT2D eigenvalue weighted by Crippen LogP contribution is -2.20. The number of hydrogen-bond acceptors (Lipinski definition) is 4. The number of nitrogens with one attached hydrogen (secondary N) is 1. The molecule has 104 valence electrons. The summed E-state index contributed by atoms with van der Waals surface area (Å²) in [6.45, 7) is 3.93. The summed E-state index contributed by atoms with van der Waals surface area (Å²) in [6, 6.07) is 2.96. The molecule has 0 spiro atoms. The van der Waals surface area contributed by atoms with Crippen molar-refractivity contribution in [2.24, 2.45) is 11.7 Å². The van der Waals surface area contributed by atoms with Crippen LogP contribution in [0.3, 0.4) is 0 Å². The zero-order valence-electron chi connectivity index (χ0n) is 10.8. The third kappa shape index (κ3) is 4.29. The summed E-state index contributed by atoms with van der Waals surface area (Å²) < 4.78 is 0.615. The monoisotopic (exact) mass is 329 g/mol. The van der Waals surface area contributed by atoms with Gasteiger partial charge in [0.1, 0.15) is 0 Å². The normalized spacial score (nSPS) is 12.0. The minimum Gasteiger partial charge on any atom is -0.330 e. The Morgan fingerprint density at radius 1 is 1.58 bits per heavy atom. The van der Waals surface area contributed by atoms with Gasteiger partial charge in [-0.15, -0.1) is 0 Å². The maximum absolute atomic E-state index is 11.7. The van der Waals surface area contributed by atoms with Crippen molar-refractivity contribution in [2.45, 2.75) is 20.3 Å². The van der Waals surface area contributed by atoms with Crippen LogP contribution in [0.15, 0.2) is 16.6 Å². The van der Waals surface area contributed by atoms with Gasteiger partial charge in [-0.3, -0.25) is 14.9 Å². The summed E-state index contributed by atoms with van der Waals surface area (Å²) in [5.41, 5.74) is 6.35. The minimum atomic E-state index is -0.472. The second-order valence-corrected chi connectivity index (χ2v) is 5.32. The minimum absolute atomic E-state index is 0.0228. The zero-order valence-corrected chi connectivity index (χ0v) is 12.4. The predicted octanol–water partition coefficient (Wildman–Crippen LogP) is 2.59. The second-order valence-electron chi connectivity index (χ2n) is 4.47. The molecule has 1 aromatic rings. The standard InChI is InChI=1S/C12H16BrN3O3/c1-7(6-14)3-12(17)15-10-5-11(16(18)19)8(2)4-9(10)13/h4-5,7H,3,6,14H2,1-2H3,(H,15,17). The number of rotatable bonds is 5. The molecule has 0 fully saturated rings. The number of anilines is 1. The molecule has 1 atom stereocenters. The highest BCUT2D eigenvalue weighted by Gasteiger charge is 2.16. The number of carbonyl (C=O) groups excluding carboxylic acids is 1. The summed E-state index contributed by atoms with van der Waals surface area (Å²) in [5, 5.41) is 13.5. The van der Waals surface area contributed by atoms with Gasteiger partial charge in [0, 0.05) is 22.5 Å². The van der Waals surface area contributed by atoms with Gasteiger partial charge in [0.25, 0.3) is 5.69 Å². The van der Waals surface area contributed by atoms with E-state index in [0.717, 1.165) is 0 Å². The molecular formula is C12H16BrN3O3. The first kappa shape index (κ1) is 15.6. The van der Waals surface area contributed by atoms with Gasteiger partial charge in [-0.05, 0) is 41.4 Å².